The van der Waals surface area contributed by atoms with E-state index in [0.29, 0.717) is 0 Å². The highest BCUT2D eigenvalue weighted by atomic mass is 16.5. The molecule has 0 amide bonds. The minimum atomic E-state index is 0.204. The zero-order valence-electron chi connectivity index (χ0n) is 15.4. The summed E-state index contributed by atoms with van der Waals surface area (Å²) in [6, 6.07) is 28.3. The molecule has 2 aliphatic heterocycles. The van der Waals surface area contributed by atoms with Gasteiger partial charge in [0.25, 0.3) is 6.71 Å². The number of aryl methyl sites for hydroxylation is 1. The highest BCUT2D eigenvalue weighted by Crippen LogP contribution is 2.37. The van der Waals surface area contributed by atoms with E-state index in [9.17, 15) is 0 Å². The molecule has 0 radical (unpaired) electrons. The van der Waals surface area contributed by atoms with Crippen LogP contribution in [0.15, 0.2) is 78.9 Å². The average Bonchev–Trinajstić information content (AvgIpc) is 3.08. The zero-order chi connectivity index (χ0) is 18.4. The van der Waals surface area contributed by atoms with Gasteiger partial charge in [0.05, 0.1) is 5.52 Å². The molecule has 0 saturated heterocycles. The fourth-order valence-electron chi connectivity index (χ4n) is 5.28. The molecule has 5 aromatic rings. The minimum absolute atomic E-state index is 0.204. The molecule has 0 fully saturated rings. The first kappa shape index (κ1) is 14.6. The van der Waals surface area contributed by atoms with E-state index in [2.05, 4.69) is 90.4 Å². The van der Waals surface area contributed by atoms with E-state index in [4.69, 9.17) is 4.74 Å². The fraction of sp³-hybridized carbons (Fsp3) is 0.0400. The Morgan fingerprint density at radius 1 is 0.714 bits per heavy atom. The Kier molecular flexibility index (Phi) is 2.54. The molecular formula is C25H16BNO. The maximum Gasteiger partial charge on any atom is 0.256 e. The number of fused-ring (bicyclic) bond motifs is 7. The summed E-state index contributed by atoms with van der Waals surface area (Å²) >= 11 is 0. The van der Waals surface area contributed by atoms with Gasteiger partial charge in [0.1, 0.15) is 11.5 Å². The average molecular weight is 357 g/mol. The second kappa shape index (κ2) is 4.88. The lowest BCUT2D eigenvalue weighted by atomic mass is 9.34. The van der Waals surface area contributed by atoms with Gasteiger partial charge in [0.2, 0.25) is 0 Å². The molecule has 0 bridgehead atoms. The second-order valence-corrected chi connectivity index (χ2v) is 7.81. The van der Waals surface area contributed by atoms with Crippen LogP contribution in [0.2, 0.25) is 0 Å². The topological polar surface area (TPSA) is 14.2 Å². The molecule has 1 aromatic heterocycles. The maximum atomic E-state index is 6.37. The molecule has 0 saturated carbocycles. The summed E-state index contributed by atoms with van der Waals surface area (Å²) in [7, 11) is 0. The molecule has 0 aliphatic carbocycles. The van der Waals surface area contributed by atoms with Gasteiger partial charge in [-0.05, 0) is 47.1 Å². The quantitative estimate of drug-likeness (QED) is 0.374. The third-order valence-corrected chi connectivity index (χ3v) is 6.38. The van der Waals surface area contributed by atoms with Crippen molar-refractivity contribution in [1.82, 2.24) is 4.57 Å². The van der Waals surface area contributed by atoms with Crippen LogP contribution < -0.4 is 21.1 Å². The summed E-state index contributed by atoms with van der Waals surface area (Å²) in [5.41, 5.74) is 9.07. The van der Waals surface area contributed by atoms with Crippen LogP contribution in [0.3, 0.4) is 0 Å². The van der Waals surface area contributed by atoms with Crippen molar-refractivity contribution in [1.29, 1.82) is 0 Å². The molecule has 0 spiro atoms. The summed E-state index contributed by atoms with van der Waals surface area (Å²) in [4.78, 5) is 0. The number of aromatic nitrogens is 1. The molecule has 7 rings (SSSR count). The first-order chi connectivity index (χ1) is 13.8. The van der Waals surface area contributed by atoms with Gasteiger partial charge < -0.3 is 9.30 Å². The third-order valence-electron chi connectivity index (χ3n) is 6.38. The predicted molar refractivity (Wildman–Crippen MR) is 117 cm³/mol. The summed E-state index contributed by atoms with van der Waals surface area (Å²) < 4.78 is 8.83. The van der Waals surface area contributed by atoms with Crippen LogP contribution in [0.5, 0.6) is 11.5 Å². The van der Waals surface area contributed by atoms with Gasteiger partial charge in [0, 0.05) is 22.0 Å². The van der Waals surface area contributed by atoms with Gasteiger partial charge in [-0.3, -0.25) is 0 Å². The smallest absolute Gasteiger partial charge is 0.256 e. The SMILES string of the molecule is Cc1ccc2c3c1-n1c4ccccc4c4cccc(c41)B3c1ccccc1O2. The van der Waals surface area contributed by atoms with Crippen molar-refractivity contribution in [2.45, 2.75) is 6.92 Å². The van der Waals surface area contributed by atoms with Gasteiger partial charge in [0.15, 0.2) is 0 Å². The van der Waals surface area contributed by atoms with Crippen LogP contribution >= 0.6 is 0 Å². The van der Waals surface area contributed by atoms with E-state index in [1.807, 2.05) is 0 Å². The molecule has 0 atom stereocenters. The summed E-state index contributed by atoms with van der Waals surface area (Å²) in [5, 5.41) is 2.64. The molecule has 3 heterocycles. The van der Waals surface area contributed by atoms with Crippen molar-refractivity contribution >= 4 is 44.9 Å². The van der Waals surface area contributed by atoms with Crippen LogP contribution in [0, 0.1) is 6.92 Å². The Labute approximate surface area is 163 Å². The maximum absolute atomic E-state index is 6.37. The lowest BCUT2D eigenvalue weighted by molar-refractivity contribution is 0.487. The van der Waals surface area contributed by atoms with E-state index in [1.165, 1.54) is 49.4 Å². The van der Waals surface area contributed by atoms with Crippen LogP contribution in [0.25, 0.3) is 27.5 Å². The molecule has 4 aromatic carbocycles. The van der Waals surface area contributed by atoms with Gasteiger partial charge in [-0.15, -0.1) is 0 Å². The highest BCUT2D eigenvalue weighted by molar-refractivity contribution is 6.99. The normalized spacial score (nSPS) is 13.4. The molecule has 130 valence electrons. The number of nitrogens with zero attached hydrogens (tertiary/aromatic N) is 1. The fourth-order valence-corrected chi connectivity index (χ4v) is 5.28. The van der Waals surface area contributed by atoms with E-state index in [1.54, 1.807) is 0 Å². The van der Waals surface area contributed by atoms with E-state index in [-0.39, 0.29) is 6.71 Å². The minimum Gasteiger partial charge on any atom is -0.458 e. The first-order valence-corrected chi connectivity index (χ1v) is 9.75. The lowest BCUT2D eigenvalue weighted by Crippen LogP contribution is -2.58. The Balaban J connectivity index is 1.78. The Morgan fingerprint density at radius 3 is 2.46 bits per heavy atom. The Bertz CT molecular complexity index is 1460. The molecular weight excluding hydrogens is 341 g/mol. The predicted octanol–water partition coefficient (Wildman–Crippen LogP) is 4.03. The number of hydrogen-bond acceptors (Lipinski definition) is 1. The highest BCUT2D eigenvalue weighted by Gasteiger charge is 2.40. The summed E-state index contributed by atoms with van der Waals surface area (Å²) in [5.74, 6) is 1.95. The molecule has 2 aliphatic rings. The van der Waals surface area contributed by atoms with Crippen molar-refractivity contribution in [3.05, 3.63) is 84.4 Å². The van der Waals surface area contributed by atoms with Crippen LogP contribution in [-0.2, 0) is 0 Å². The summed E-state index contributed by atoms with van der Waals surface area (Å²) in [6.07, 6.45) is 0. The van der Waals surface area contributed by atoms with Crippen molar-refractivity contribution < 1.29 is 4.74 Å². The molecule has 3 heteroatoms. The first-order valence-electron chi connectivity index (χ1n) is 9.75. The van der Waals surface area contributed by atoms with E-state index < -0.39 is 0 Å². The standard InChI is InChI=1S/C25H16BNO/c1-15-13-14-22-23-24(15)27-20-11-4-2-7-16(20)17-8-6-10-19(25(17)27)26(23)18-9-3-5-12-21(18)28-22/h2-14H,1H3. The van der Waals surface area contributed by atoms with Crippen LogP contribution in [0.1, 0.15) is 5.56 Å². The van der Waals surface area contributed by atoms with E-state index in [0.717, 1.165) is 11.5 Å². The summed E-state index contributed by atoms with van der Waals surface area (Å²) in [6.45, 7) is 2.41. The number of rotatable bonds is 0. The number of hydrogen-bond donors (Lipinski definition) is 0. The number of ether oxygens (including phenoxy) is 1. The van der Waals surface area contributed by atoms with E-state index >= 15 is 0 Å². The van der Waals surface area contributed by atoms with Gasteiger partial charge >= 0.3 is 0 Å². The Hall–Kier alpha value is -3.46. The van der Waals surface area contributed by atoms with Gasteiger partial charge in [-0.25, -0.2) is 0 Å². The van der Waals surface area contributed by atoms with Crippen molar-refractivity contribution in [3.63, 3.8) is 0 Å². The van der Waals surface area contributed by atoms with Crippen LogP contribution in [0.4, 0.5) is 0 Å². The molecule has 0 N–H and O–H groups in total. The number of benzene rings is 4. The van der Waals surface area contributed by atoms with Crippen molar-refractivity contribution in [2.24, 2.45) is 0 Å². The molecule has 2 nitrogen and oxygen atoms in total. The van der Waals surface area contributed by atoms with Crippen molar-refractivity contribution in [3.8, 4) is 17.2 Å². The van der Waals surface area contributed by atoms with Crippen LogP contribution in [-0.4, -0.2) is 11.3 Å². The molecule has 28 heavy (non-hydrogen) atoms. The Morgan fingerprint density at radius 2 is 1.50 bits per heavy atom. The monoisotopic (exact) mass is 357 g/mol. The van der Waals surface area contributed by atoms with Gasteiger partial charge in [-0.2, -0.15) is 0 Å². The number of para-hydroxylation sites is 3. The second-order valence-electron chi connectivity index (χ2n) is 7.81. The zero-order valence-corrected chi connectivity index (χ0v) is 15.4. The van der Waals surface area contributed by atoms with Crippen molar-refractivity contribution in [2.75, 3.05) is 0 Å². The molecule has 0 unspecified atom stereocenters. The largest absolute Gasteiger partial charge is 0.458 e. The lowest BCUT2D eigenvalue weighted by Gasteiger charge is -2.34. The third kappa shape index (κ3) is 1.57. The van der Waals surface area contributed by atoms with Gasteiger partial charge in [-0.1, -0.05) is 60.7 Å².